The number of thiophene rings is 1. The molecule has 2 aromatic heterocycles. The average Bonchev–Trinajstić information content (AvgIpc) is 3.11. The van der Waals surface area contributed by atoms with Crippen molar-refractivity contribution in [1.29, 1.82) is 0 Å². The number of fused-ring (bicyclic) bond motifs is 1. The first kappa shape index (κ1) is 21.2. The molecule has 31 heavy (non-hydrogen) atoms. The van der Waals surface area contributed by atoms with Gasteiger partial charge in [-0.05, 0) is 43.4 Å². The van der Waals surface area contributed by atoms with Crippen molar-refractivity contribution in [1.82, 2.24) is 9.78 Å². The second-order valence-electron chi connectivity index (χ2n) is 8.00. The summed E-state index contributed by atoms with van der Waals surface area (Å²) in [4.78, 5) is 38.5. The lowest BCUT2D eigenvalue weighted by Crippen LogP contribution is -2.29. The number of nitrogens with zero attached hydrogens (tertiary/aromatic N) is 2. The molecule has 1 N–H and O–H groups in total. The zero-order valence-electron chi connectivity index (χ0n) is 17.8. The van der Waals surface area contributed by atoms with E-state index in [1.54, 1.807) is 12.3 Å². The lowest BCUT2D eigenvalue weighted by atomic mass is 9.85. The molecule has 1 amide bonds. The number of amides is 1. The summed E-state index contributed by atoms with van der Waals surface area (Å²) in [7, 11) is 0. The van der Waals surface area contributed by atoms with E-state index in [0.29, 0.717) is 22.0 Å². The smallest absolute Gasteiger partial charge is 0.359 e. The molecule has 3 aromatic rings. The van der Waals surface area contributed by atoms with E-state index in [9.17, 15) is 14.4 Å². The number of hydrogen-bond acceptors (Lipinski definition) is 6. The van der Waals surface area contributed by atoms with Gasteiger partial charge in [0.25, 0.3) is 5.56 Å². The van der Waals surface area contributed by atoms with Crippen molar-refractivity contribution in [2.75, 3.05) is 11.9 Å². The highest BCUT2D eigenvalue weighted by Gasteiger charge is 2.28. The molecule has 1 aromatic carbocycles. The molecule has 0 saturated heterocycles. The Labute approximate surface area is 184 Å². The molecule has 162 valence electrons. The van der Waals surface area contributed by atoms with Crippen LogP contribution in [0.25, 0.3) is 16.5 Å². The normalized spacial score (nSPS) is 13.9. The summed E-state index contributed by atoms with van der Waals surface area (Å²) in [5.41, 5.74) is 1.35. The van der Waals surface area contributed by atoms with Crippen LogP contribution in [0.4, 0.5) is 5.00 Å². The van der Waals surface area contributed by atoms with Crippen LogP contribution in [0.3, 0.4) is 0 Å². The lowest BCUT2D eigenvalue weighted by molar-refractivity contribution is -0.122. The standard InChI is InChI=1S/C23H25N3O4S/c1-4-30-23(29)19-17-12-31-21(24-20(27)15-6-5-7-15)18(17)22(28)26(25-19)16-10-8-14(9-11-16)13(2)3/h8-13,15H,4-7H2,1-3H3,(H,24,27). The van der Waals surface area contributed by atoms with Crippen molar-refractivity contribution in [2.24, 2.45) is 5.92 Å². The Morgan fingerprint density at radius 3 is 2.55 bits per heavy atom. The maximum absolute atomic E-state index is 13.4. The largest absolute Gasteiger partial charge is 0.461 e. The van der Waals surface area contributed by atoms with E-state index in [1.807, 2.05) is 24.3 Å². The second kappa shape index (κ2) is 8.63. The van der Waals surface area contributed by atoms with E-state index in [0.717, 1.165) is 24.8 Å². The lowest BCUT2D eigenvalue weighted by Gasteiger charge is -2.23. The molecule has 0 unspecified atom stereocenters. The number of ether oxygens (including phenoxy) is 1. The summed E-state index contributed by atoms with van der Waals surface area (Å²) >= 11 is 1.22. The molecule has 8 heteroatoms. The zero-order valence-corrected chi connectivity index (χ0v) is 18.6. The molecule has 4 rings (SSSR count). The van der Waals surface area contributed by atoms with Gasteiger partial charge in [-0.1, -0.05) is 32.4 Å². The van der Waals surface area contributed by atoms with Crippen LogP contribution in [-0.4, -0.2) is 28.3 Å². The number of hydrogen-bond donors (Lipinski definition) is 1. The van der Waals surface area contributed by atoms with Crippen molar-refractivity contribution in [3.8, 4) is 5.69 Å². The highest BCUT2D eigenvalue weighted by Crippen LogP contribution is 2.33. The Hall–Kier alpha value is -3.00. The Kier molecular flexibility index (Phi) is 5.91. The Bertz CT molecular complexity index is 1190. The minimum atomic E-state index is -0.602. The van der Waals surface area contributed by atoms with E-state index < -0.39 is 5.97 Å². The monoisotopic (exact) mass is 439 g/mol. The van der Waals surface area contributed by atoms with Gasteiger partial charge in [0.1, 0.15) is 5.00 Å². The van der Waals surface area contributed by atoms with Crippen LogP contribution in [0.5, 0.6) is 0 Å². The minimum absolute atomic E-state index is 0.0192. The van der Waals surface area contributed by atoms with Crippen molar-refractivity contribution in [3.05, 3.63) is 51.3 Å². The predicted octanol–water partition coefficient (Wildman–Crippen LogP) is 4.49. The quantitative estimate of drug-likeness (QED) is 0.572. The number of aromatic nitrogens is 2. The van der Waals surface area contributed by atoms with E-state index >= 15 is 0 Å². The molecule has 1 fully saturated rings. The van der Waals surface area contributed by atoms with Crippen LogP contribution < -0.4 is 10.9 Å². The van der Waals surface area contributed by atoms with Gasteiger partial charge in [0.15, 0.2) is 5.69 Å². The van der Waals surface area contributed by atoms with Crippen molar-refractivity contribution in [2.45, 2.75) is 46.0 Å². The van der Waals surface area contributed by atoms with E-state index in [4.69, 9.17) is 4.74 Å². The fourth-order valence-electron chi connectivity index (χ4n) is 3.55. The van der Waals surface area contributed by atoms with Crippen LogP contribution in [0.2, 0.25) is 0 Å². The number of rotatable bonds is 6. The Balaban J connectivity index is 1.86. The number of esters is 1. The molecule has 1 aliphatic rings. The van der Waals surface area contributed by atoms with E-state index in [2.05, 4.69) is 24.3 Å². The van der Waals surface area contributed by atoms with Crippen molar-refractivity contribution in [3.63, 3.8) is 0 Å². The van der Waals surface area contributed by atoms with Crippen molar-refractivity contribution >= 4 is 39.0 Å². The van der Waals surface area contributed by atoms with Gasteiger partial charge in [-0.3, -0.25) is 9.59 Å². The maximum atomic E-state index is 13.4. The molecular weight excluding hydrogens is 414 g/mol. The molecule has 2 heterocycles. The maximum Gasteiger partial charge on any atom is 0.359 e. The Morgan fingerprint density at radius 2 is 1.97 bits per heavy atom. The van der Waals surface area contributed by atoms with Crippen LogP contribution >= 0.6 is 11.3 Å². The minimum Gasteiger partial charge on any atom is -0.461 e. The SMILES string of the molecule is CCOC(=O)c1nn(-c2ccc(C(C)C)cc2)c(=O)c2c(NC(=O)C3CCC3)scc12. The fourth-order valence-corrected chi connectivity index (χ4v) is 4.49. The molecule has 0 bridgehead atoms. The predicted molar refractivity (Wildman–Crippen MR) is 121 cm³/mol. The first-order valence-corrected chi connectivity index (χ1v) is 11.4. The van der Waals surface area contributed by atoms with Gasteiger partial charge in [0.05, 0.1) is 17.7 Å². The van der Waals surface area contributed by atoms with Crippen LogP contribution in [-0.2, 0) is 9.53 Å². The third kappa shape index (κ3) is 3.99. The zero-order chi connectivity index (χ0) is 22.1. The van der Waals surface area contributed by atoms with Crippen LogP contribution in [0, 0.1) is 5.92 Å². The van der Waals surface area contributed by atoms with E-state index in [1.165, 1.54) is 16.0 Å². The van der Waals surface area contributed by atoms with Gasteiger partial charge in [-0.25, -0.2) is 4.79 Å². The third-order valence-corrected chi connectivity index (χ3v) is 6.53. The first-order valence-electron chi connectivity index (χ1n) is 10.5. The summed E-state index contributed by atoms with van der Waals surface area (Å²) in [6.07, 6.45) is 2.76. The first-order chi connectivity index (χ1) is 14.9. The Morgan fingerprint density at radius 1 is 1.26 bits per heavy atom. The summed E-state index contributed by atoms with van der Waals surface area (Å²) in [5.74, 6) is -0.359. The topological polar surface area (TPSA) is 90.3 Å². The van der Waals surface area contributed by atoms with Crippen molar-refractivity contribution < 1.29 is 14.3 Å². The summed E-state index contributed by atoms with van der Waals surface area (Å²) in [5, 5.41) is 10.0. The molecule has 0 aliphatic heterocycles. The van der Waals surface area contributed by atoms with E-state index in [-0.39, 0.29) is 35.1 Å². The summed E-state index contributed by atoms with van der Waals surface area (Å²) < 4.78 is 6.39. The van der Waals surface area contributed by atoms with Gasteiger partial charge in [-0.2, -0.15) is 9.78 Å². The number of benzene rings is 1. The molecule has 1 saturated carbocycles. The highest BCUT2D eigenvalue weighted by atomic mass is 32.1. The molecule has 0 spiro atoms. The molecular formula is C23H25N3O4S. The number of carbonyl (C=O) groups is 2. The van der Waals surface area contributed by atoms with Gasteiger partial charge < -0.3 is 10.1 Å². The molecule has 0 atom stereocenters. The van der Waals surface area contributed by atoms with Gasteiger partial charge in [-0.15, -0.1) is 11.3 Å². The van der Waals surface area contributed by atoms with Gasteiger partial charge in [0.2, 0.25) is 5.91 Å². The number of nitrogens with one attached hydrogen (secondary N) is 1. The second-order valence-corrected chi connectivity index (χ2v) is 8.88. The van der Waals surface area contributed by atoms with Crippen LogP contribution in [0.15, 0.2) is 34.4 Å². The molecule has 1 aliphatic carbocycles. The van der Waals surface area contributed by atoms with Crippen LogP contribution in [0.1, 0.15) is 62.0 Å². The third-order valence-electron chi connectivity index (χ3n) is 5.64. The van der Waals surface area contributed by atoms with Gasteiger partial charge >= 0.3 is 5.97 Å². The fraction of sp³-hybridized carbons (Fsp3) is 0.391. The average molecular weight is 440 g/mol. The summed E-state index contributed by atoms with van der Waals surface area (Å²) in [6.45, 7) is 6.09. The van der Waals surface area contributed by atoms with Gasteiger partial charge in [0, 0.05) is 16.7 Å². The molecule has 0 radical (unpaired) electrons. The molecule has 7 nitrogen and oxygen atoms in total. The summed E-state index contributed by atoms with van der Waals surface area (Å²) in [6, 6.07) is 7.50. The highest BCUT2D eigenvalue weighted by molar-refractivity contribution is 7.16. The number of carbonyl (C=O) groups excluding carboxylic acids is 2. The number of anilines is 1.